The second-order valence-corrected chi connectivity index (χ2v) is 5.71. The van der Waals surface area contributed by atoms with Gasteiger partial charge >= 0.3 is 0 Å². The molecule has 2 aromatic rings. The van der Waals surface area contributed by atoms with Crippen LogP contribution in [0.5, 0.6) is 0 Å². The molecule has 92 valence electrons. The van der Waals surface area contributed by atoms with Crippen molar-refractivity contribution in [3.05, 3.63) is 63.6 Å². The first-order valence-electron chi connectivity index (χ1n) is 5.94. The molecule has 1 aliphatic rings. The highest BCUT2D eigenvalue weighted by Gasteiger charge is 2.20. The minimum absolute atomic E-state index is 0.551. The second kappa shape index (κ2) is 4.94. The first-order chi connectivity index (χ1) is 8.78. The molecule has 0 fully saturated rings. The Morgan fingerprint density at radius 1 is 1.06 bits per heavy atom. The number of hydrogen-bond donors (Lipinski definition) is 0. The number of rotatable bonds is 2. The Morgan fingerprint density at radius 2 is 1.72 bits per heavy atom. The fourth-order valence-electron chi connectivity index (χ4n) is 2.45. The lowest BCUT2D eigenvalue weighted by atomic mass is 10.1. The number of halogens is 2. The Hall–Kier alpha value is -0.990. The van der Waals surface area contributed by atoms with E-state index in [1.807, 2.05) is 6.07 Å². The van der Waals surface area contributed by atoms with Crippen molar-refractivity contribution in [2.45, 2.75) is 19.0 Å². The van der Waals surface area contributed by atoms with Gasteiger partial charge in [-0.3, -0.25) is 0 Å². The van der Waals surface area contributed by atoms with Crippen molar-refractivity contribution in [2.24, 2.45) is 0 Å². The lowest BCUT2D eigenvalue weighted by molar-refractivity contribution is 0.873. The zero-order chi connectivity index (χ0) is 12.5. The molecule has 0 N–H and O–H groups in total. The molecule has 0 bridgehead atoms. The number of alkyl halides is 1. The molecular weight excluding hydrogens is 310 g/mol. The van der Waals surface area contributed by atoms with Crippen molar-refractivity contribution in [3.63, 3.8) is 0 Å². The summed E-state index contributed by atoms with van der Waals surface area (Å²) >= 11 is 9.57. The molecule has 0 amide bonds. The Balaban J connectivity index is 1.97. The van der Waals surface area contributed by atoms with Gasteiger partial charge in [0.25, 0.3) is 0 Å². The summed E-state index contributed by atoms with van der Waals surface area (Å²) in [6.45, 7) is 1.94. The fourth-order valence-corrected chi connectivity index (χ4v) is 3.02. The topological polar surface area (TPSA) is 3.24 Å². The summed E-state index contributed by atoms with van der Waals surface area (Å²) in [5.41, 5.74) is 5.25. The first kappa shape index (κ1) is 12.1. The van der Waals surface area contributed by atoms with Gasteiger partial charge in [-0.2, -0.15) is 0 Å². The molecule has 2 aromatic carbocycles. The molecular formula is C15H13BrClN. The molecule has 0 unspecified atom stereocenters. The molecule has 3 rings (SSSR count). The molecule has 0 atom stereocenters. The van der Waals surface area contributed by atoms with Crippen LogP contribution in [0.25, 0.3) is 0 Å². The van der Waals surface area contributed by atoms with Gasteiger partial charge in [0.05, 0.1) is 0 Å². The summed E-state index contributed by atoms with van der Waals surface area (Å²) in [6, 6.07) is 14.9. The van der Waals surface area contributed by atoms with Crippen LogP contribution in [0, 0.1) is 0 Å². The summed E-state index contributed by atoms with van der Waals surface area (Å²) in [7, 11) is 0. The normalized spacial score (nSPS) is 13.8. The van der Waals surface area contributed by atoms with Crippen LogP contribution in [-0.4, -0.2) is 0 Å². The van der Waals surface area contributed by atoms with E-state index in [1.54, 1.807) is 0 Å². The average molecular weight is 323 g/mol. The number of hydrogen-bond acceptors (Lipinski definition) is 1. The van der Waals surface area contributed by atoms with Gasteiger partial charge in [-0.15, -0.1) is 11.6 Å². The molecule has 1 heterocycles. The van der Waals surface area contributed by atoms with E-state index in [1.165, 1.54) is 22.4 Å². The molecule has 0 saturated carbocycles. The number of benzene rings is 2. The maximum atomic E-state index is 6.03. The van der Waals surface area contributed by atoms with E-state index in [0.29, 0.717) is 5.88 Å². The van der Waals surface area contributed by atoms with E-state index in [-0.39, 0.29) is 0 Å². The summed E-state index contributed by atoms with van der Waals surface area (Å²) in [4.78, 5) is 2.38. The molecule has 0 aliphatic carbocycles. The van der Waals surface area contributed by atoms with Crippen LogP contribution in [0.3, 0.4) is 0 Å². The van der Waals surface area contributed by atoms with Gasteiger partial charge < -0.3 is 4.90 Å². The molecule has 0 radical (unpaired) electrons. The average Bonchev–Trinajstić information content (AvgIpc) is 2.82. The molecule has 0 saturated heterocycles. The van der Waals surface area contributed by atoms with Crippen molar-refractivity contribution < 1.29 is 0 Å². The van der Waals surface area contributed by atoms with Gasteiger partial charge in [-0.25, -0.2) is 0 Å². The maximum absolute atomic E-state index is 6.03. The monoisotopic (exact) mass is 321 g/mol. The Bertz CT molecular complexity index is 557. The lowest BCUT2D eigenvalue weighted by Crippen LogP contribution is -2.16. The number of anilines is 1. The predicted molar refractivity (Wildman–Crippen MR) is 80.0 cm³/mol. The van der Waals surface area contributed by atoms with E-state index < -0.39 is 0 Å². The molecule has 1 aliphatic heterocycles. The fraction of sp³-hybridized carbons (Fsp3) is 0.200. The van der Waals surface area contributed by atoms with E-state index in [2.05, 4.69) is 57.2 Å². The Morgan fingerprint density at radius 3 is 2.33 bits per heavy atom. The van der Waals surface area contributed by atoms with Crippen LogP contribution in [0.15, 0.2) is 46.9 Å². The SMILES string of the molecule is ClCc1ccc(Br)cc1N1Cc2ccccc2C1. The zero-order valence-corrected chi connectivity index (χ0v) is 12.2. The largest absolute Gasteiger partial charge is 0.363 e. The third-order valence-corrected chi connectivity index (χ3v) is 4.15. The predicted octanol–water partition coefficient (Wildman–Crippen LogP) is 4.71. The number of fused-ring (bicyclic) bond motifs is 1. The van der Waals surface area contributed by atoms with Gasteiger partial charge in [0.2, 0.25) is 0 Å². The minimum atomic E-state index is 0.551. The molecule has 1 nitrogen and oxygen atoms in total. The van der Waals surface area contributed by atoms with Crippen molar-refractivity contribution >= 4 is 33.2 Å². The van der Waals surface area contributed by atoms with Gasteiger partial charge in [0.15, 0.2) is 0 Å². The van der Waals surface area contributed by atoms with E-state index in [9.17, 15) is 0 Å². The zero-order valence-electron chi connectivity index (χ0n) is 9.87. The summed E-state index contributed by atoms with van der Waals surface area (Å²) < 4.78 is 1.10. The van der Waals surface area contributed by atoms with Crippen molar-refractivity contribution in [2.75, 3.05) is 4.90 Å². The maximum Gasteiger partial charge on any atom is 0.0494 e. The summed E-state index contributed by atoms with van der Waals surface area (Å²) in [5.74, 6) is 0.551. The van der Waals surface area contributed by atoms with Gasteiger partial charge in [-0.05, 0) is 28.8 Å². The lowest BCUT2D eigenvalue weighted by Gasteiger charge is -2.21. The first-order valence-corrected chi connectivity index (χ1v) is 7.27. The van der Waals surface area contributed by atoms with E-state index in [0.717, 1.165) is 17.6 Å². The van der Waals surface area contributed by atoms with Gasteiger partial charge in [-0.1, -0.05) is 46.3 Å². The smallest absolute Gasteiger partial charge is 0.0494 e. The molecule has 0 spiro atoms. The summed E-state index contributed by atoms with van der Waals surface area (Å²) in [6.07, 6.45) is 0. The van der Waals surface area contributed by atoms with Crippen LogP contribution in [0.2, 0.25) is 0 Å². The van der Waals surface area contributed by atoms with E-state index >= 15 is 0 Å². The Labute approximate surface area is 121 Å². The standard InChI is InChI=1S/C15H13BrClN/c16-14-6-5-11(8-17)15(7-14)18-9-12-3-1-2-4-13(12)10-18/h1-7H,8-10H2. The van der Waals surface area contributed by atoms with E-state index in [4.69, 9.17) is 11.6 Å². The summed E-state index contributed by atoms with van der Waals surface area (Å²) in [5, 5.41) is 0. The quantitative estimate of drug-likeness (QED) is 0.724. The number of nitrogens with zero attached hydrogens (tertiary/aromatic N) is 1. The second-order valence-electron chi connectivity index (χ2n) is 4.53. The van der Waals surface area contributed by atoms with Crippen molar-refractivity contribution in [1.29, 1.82) is 0 Å². The van der Waals surface area contributed by atoms with Crippen LogP contribution >= 0.6 is 27.5 Å². The molecule has 18 heavy (non-hydrogen) atoms. The van der Waals surface area contributed by atoms with Crippen LogP contribution < -0.4 is 4.90 Å². The van der Waals surface area contributed by atoms with Crippen molar-refractivity contribution in [3.8, 4) is 0 Å². The highest BCUT2D eigenvalue weighted by Crippen LogP contribution is 2.33. The third-order valence-electron chi connectivity index (χ3n) is 3.37. The van der Waals surface area contributed by atoms with Gasteiger partial charge in [0.1, 0.15) is 0 Å². The van der Waals surface area contributed by atoms with Gasteiger partial charge in [0, 0.05) is 29.1 Å². The van der Waals surface area contributed by atoms with Crippen LogP contribution in [0.4, 0.5) is 5.69 Å². The minimum Gasteiger partial charge on any atom is -0.363 e. The third kappa shape index (κ3) is 2.15. The van der Waals surface area contributed by atoms with Crippen LogP contribution in [0.1, 0.15) is 16.7 Å². The highest BCUT2D eigenvalue weighted by molar-refractivity contribution is 9.10. The van der Waals surface area contributed by atoms with Crippen molar-refractivity contribution in [1.82, 2.24) is 0 Å². The molecule has 3 heteroatoms. The molecule has 0 aromatic heterocycles. The highest BCUT2D eigenvalue weighted by atomic mass is 79.9. The Kier molecular flexibility index (Phi) is 3.31. The van der Waals surface area contributed by atoms with Crippen LogP contribution in [-0.2, 0) is 19.0 Å².